The van der Waals surface area contributed by atoms with Crippen LogP contribution in [-0.4, -0.2) is 34.5 Å². The summed E-state index contributed by atoms with van der Waals surface area (Å²) in [5.41, 5.74) is 0. The Labute approximate surface area is 89.3 Å². The van der Waals surface area contributed by atoms with Gasteiger partial charge < -0.3 is 5.11 Å². The summed E-state index contributed by atoms with van der Waals surface area (Å²) < 4.78 is 0. The maximum Gasteiger partial charge on any atom is 0.229 e. The van der Waals surface area contributed by atoms with Crippen molar-refractivity contribution in [2.24, 2.45) is 5.92 Å². The lowest BCUT2D eigenvalue weighted by molar-refractivity contribution is -0.139. The third kappa shape index (κ3) is 2.37. The molecule has 0 spiro atoms. The highest BCUT2D eigenvalue weighted by molar-refractivity contribution is 6.01. The number of hydrogen-bond acceptors (Lipinski definition) is 3. The molecule has 2 aliphatic rings. The van der Waals surface area contributed by atoms with Gasteiger partial charge in [-0.2, -0.15) is 0 Å². The molecule has 1 saturated carbocycles. The zero-order valence-corrected chi connectivity index (χ0v) is 8.82. The van der Waals surface area contributed by atoms with Crippen molar-refractivity contribution in [2.45, 2.75) is 44.6 Å². The van der Waals surface area contributed by atoms with Gasteiger partial charge in [-0.3, -0.25) is 14.5 Å². The number of rotatable bonds is 2. The Hall–Kier alpha value is -0.900. The van der Waals surface area contributed by atoms with Crippen LogP contribution in [0.5, 0.6) is 0 Å². The Morgan fingerprint density at radius 3 is 2.13 bits per heavy atom. The van der Waals surface area contributed by atoms with Crippen LogP contribution in [0.2, 0.25) is 0 Å². The highest BCUT2D eigenvalue weighted by atomic mass is 16.3. The van der Waals surface area contributed by atoms with Crippen molar-refractivity contribution in [3.05, 3.63) is 0 Å². The third-order valence-corrected chi connectivity index (χ3v) is 3.41. The Kier molecular flexibility index (Phi) is 3.05. The summed E-state index contributed by atoms with van der Waals surface area (Å²) in [5, 5.41) is 9.34. The predicted molar refractivity (Wildman–Crippen MR) is 53.9 cm³/mol. The van der Waals surface area contributed by atoms with Crippen LogP contribution in [0.15, 0.2) is 0 Å². The Balaban J connectivity index is 1.86. The van der Waals surface area contributed by atoms with Gasteiger partial charge in [0.1, 0.15) is 0 Å². The molecule has 0 bridgehead atoms. The number of hydrogen-bond donors (Lipinski definition) is 1. The average molecular weight is 211 g/mol. The molecule has 0 unspecified atom stereocenters. The topological polar surface area (TPSA) is 57.6 Å². The van der Waals surface area contributed by atoms with Crippen LogP contribution in [0.4, 0.5) is 0 Å². The van der Waals surface area contributed by atoms with Crippen LogP contribution in [0.25, 0.3) is 0 Å². The van der Waals surface area contributed by atoms with E-state index >= 15 is 0 Å². The fraction of sp³-hybridized carbons (Fsp3) is 0.818. The minimum atomic E-state index is -0.175. The maximum atomic E-state index is 11.4. The molecule has 0 aromatic heterocycles. The largest absolute Gasteiger partial charge is 0.393 e. The van der Waals surface area contributed by atoms with Gasteiger partial charge in [-0.15, -0.1) is 0 Å². The summed E-state index contributed by atoms with van der Waals surface area (Å²) in [6.07, 6.45) is 4.06. The molecule has 15 heavy (non-hydrogen) atoms. The smallest absolute Gasteiger partial charge is 0.229 e. The van der Waals surface area contributed by atoms with Crippen molar-refractivity contribution in [1.82, 2.24) is 4.90 Å². The first kappa shape index (κ1) is 10.6. The van der Waals surface area contributed by atoms with Crippen molar-refractivity contribution in [3.63, 3.8) is 0 Å². The molecular weight excluding hydrogens is 194 g/mol. The molecule has 0 atom stereocenters. The first-order valence-electron chi connectivity index (χ1n) is 5.68. The molecule has 2 rings (SSSR count). The highest BCUT2D eigenvalue weighted by Crippen LogP contribution is 2.26. The Morgan fingerprint density at radius 2 is 1.60 bits per heavy atom. The molecule has 1 N–H and O–H groups in total. The molecule has 1 saturated heterocycles. The Morgan fingerprint density at radius 1 is 1.07 bits per heavy atom. The van der Waals surface area contributed by atoms with Crippen molar-refractivity contribution in [1.29, 1.82) is 0 Å². The SMILES string of the molecule is O=C1CCC(=O)N1CC1CCC(O)CC1. The van der Waals surface area contributed by atoms with E-state index in [1.54, 1.807) is 0 Å². The number of nitrogens with zero attached hydrogens (tertiary/aromatic N) is 1. The number of likely N-dealkylation sites (tertiary alicyclic amines) is 1. The van der Waals surface area contributed by atoms with Crippen LogP contribution in [-0.2, 0) is 9.59 Å². The monoisotopic (exact) mass is 211 g/mol. The van der Waals surface area contributed by atoms with Gasteiger partial charge in [-0.1, -0.05) is 0 Å². The van der Waals surface area contributed by atoms with E-state index in [1.165, 1.54) is 4.90 Å². The number of imide groups is 1. The second-order valence-electron chi connectivity index (χ2n) is 4.57. The highest BCUT2D eigenvalue weighted by Gasteiger charge is 2.31. The van der Waals surface area contributed by atoms with Crippen LogP contribution < -0.4 is 0 Å². The van der Waals surface area contributed by atoms with E-state index in [-0.39, 0.29) is 17.9 Å². The first-order chi connectivity index (χ1) is 7.16. The van der Waals surface area contributed by atoms with Gasteiger partial charge in [0.2, 0.25) is 11.8 Å². The molecule has 2 fully saturated rings. The minimum absolute atomic E-state index is 0.0221. The molecule has 1 aliphatic heterocycles. The number of amides is 2. The van der Waals surface area contributed by atoms with Crippen molar-refractivity contribution >= 4 is 11.8 Å². The summed E-state index contributed by atoms with van der Waals surface area (Å²) in [6, 6.07) is 0. The van der Waals surface area contributed by atoms with E-state index in [0.717, 1.165) is 25.7 Å². The van der Waals surface area contributed by atoms with E-state index in [9.17, 15) is 14.7 Å². The third-order valence-electron chi connectivity index (χ3n) is 3.41. The first-order valence-corrected chi connectivity index (χ1v) is 5.68. The molecule has 0 aromatic rings. The van der Waals surface area contributed by atoms with Gasteiger partial charge in [0, 0.05) is 19.4 Å². The minimum Gasteiger partial charge on any atom is -0.393 e. The van der Waals surface area contributed by atoms with E-state index < -0.39 is 0 Å². The van der Waals surface area contributed by atoms with Gasteiger partial charge >= 0.3 is 0 Å². The number of aliphatic hydroxyl groups is 1. The molecule has 1 heterocycles. The van der Waals surface area contributed by atoms with E-state index in [0.29, 0.717) is 25.3 Å². The van der Waals surface area contributed by atoms with Gasteiger partial charge in [-0.05, 0) is 31.6 Å². The predicted octanol–water partition coefficient (Wildman–Crippen LogP) is 0.686. The van der Waals surface area contributed by atoms with Crippen molar-refractivity contribution in [3.8, 4) is 0 Å². The lowest BCUT2D eigenvalue weighted by Crippen LogP contribution is -2.35. The summed E-state index contributed by atoms with van der Waals surface area (Å²) in [7, 11) is 0. The summed E-state index contributed by atoms with van der Waals surface area (Å²) in [4.78, 5) is 24.2. The van der Waals surface area contributed by atoms with Crippen LogP contribution in [0, 0.1) is 5.92 Å². The maximum absolute atomic E-state index is 11.4. The molecule has 2 amide bonds. The Bertz CT molecular complexity index is 253. The quantitative estimate of drug-likeness (QED) is 0.683. The second kappa shape index (κ2) is 4.31. The summed E-state index contributed by atoms with van der Waals surface area (Å²) in [6.45, 7) is 0.574. The lowest BCUT2D eigenvalue weighted by atomic mass is 9.87. The molecule has 0 aromatic carbocycles. The number of aliphatic hydroxyl groups excluding tert-OH is 1. The van der Waals surface area contributed by atoms with E-state index in [4.69, 9.17) is 0 Å². The normalized spacial score (nSPS) is 32.5. The average Bonchev–Trinajstić information content (AvgIpc) is 2.53. The summed E-state index contributed by atoms with van der Waals surface area (Å²) >= 11 is 0. The zero-order chi connectivity index (χ0) is 10.8. The fourth-order valence-electron chi connectivity index (χ4n) is 2.41. The van der Waals surface area contributed by atoms with Crippen molar-refractivity contribution in [2.75, 3.05) is 6.54 Å². The molecule has 4 heteroatoms. The van der Waals surface area contributed by atoms with Crippen LogP contribution in [0.3, 0.4) is 0 Å². The van der Waals surface area contributed by atoms with E-state index in [2.05, 4.69) is 0 Å². The van der Waals surface area contributed by atoms with Crippen LogP contribution >= 0.6 is 0 Å². The van der Waals surface area contributed by atoms with Crippen molar-refractivity contribution < 1.29 is 14.7 Å². The lowest BCUT2D eigenvalue weighted by Gasteiger charge is -2.28. The second-order valence-corrected chi connectivity index (χ2v) is 4.57. The van der Waals surface area contributed by atoms with Gasteiger partial charge in [0.05, 0.1) is 6.10 Å². The standard InChI is InChI=1S/C11H17NO3/c13-9-3-1-8(2-4-9)7-12-10(14)5-6-11(12)15/h8-9,13H,1-7H2. The molecule has 4 nitrogen and oxygen atoms in total. The molecule has 84 valence electrons. The van der Waals surface area contributed by atoms with Gasteiger partial charge in [-0.25, -0.2) is 0 Å². The molecular formula is C11H17NO3. The fourth-order valence-corrected chi connectivity index (χ4v) is 2.41. The van der Waals surface area contributed by atoms with Gasteiger partial charge in [0.25, 0.3) is 0 Å². The molecule has 0 radical (unpaired) electrons. The van der Waals surface area contributed by atoms with E-state index in [1.807, 2.05) is 0 Å². The molecule has 1 aliphatic carbocycles. The van der Waals surface area contributed by atoms with Crippen LogP contribution in [0.1, 0.15) is 38.5 Å². The van der Waals surface area contributed by atoms with Gasteiger partial charge in [0.15, 0.2) is 0 Å². The number of carbonyl (C=O) groups excluding carboxylic acids is 2. The number of carbonyl (C=O) groups is 2. The summed E-state index contributed by atoms with van der Waals surface area (Å²) in [5.74, 6) is 0.358. The zero-order valence-electron chi connectivity index (χ0n) is 8.82.